The van der Waals surface area contributed by atoms with Crippen LogP contribution >= 0.6 is 11.3 Å². The number of piperidine rings is 1. The van der Waals surface area contributed by atoms with Crippen LogP contribution in [-0.2, 0) is 11.2 Å². The number of fused-ring (bicyclic) bond motifs is 2. The molecular weight excluding hydrogens is 508 g/mol. The first-order valence-electron chi connectivity index (χ1n) is 13.3. The summed E-state index contributed by atoms with van der Waals surface area (Å²) in [5, 5.41) is 5.68. The van der Waals surface area contributed by atoms with E-state index in [1.54, 1.807) is 16.2 Å². The number of likely N-dealkylation sites (tertiary alicyclic amines) is 1. The first kappa shape index (κ1) is 25.3. The number of hydrogen-bond donors (Lipinski definition) is 1. The molecule has 0 bridgehead atoms. The Morgan fingerprint density at radius 2 is 1.87 bits per heavy atom. The Bertz CT molecular complexity index is 1650. The van der Waals surface area contributed by atoms with Crippen LogP contribution in [0.2, 0.25) is 0 Å². The molecule has 0 radical (unpaired) electrons. The van der Waals surface area contributed by atoms with Crippen molar-refractivity contribution < 1.29 is 9.53 Å². The predicted octanol–water partition coefficient (Wildman–Crippen LogP) is 6.29. The third kappa shape index (κ3) is 5.18. The standard InChI is InChI=1S/C30H32N6O2S/c1-30(2,3)38-29(37)35-13-11-20(12-14-35)24-17-22(27-28(31)32-18-33-36(24)27)21-9-10-23-25(16-21)39-26(34-23)15-19-7-5-4-6-8-19/h4-10,16-18,20H,11-15H2,1-3H3,(H2,31,32,33). The maximum absolute atomic E-state index is 12.6. The summed E-state index contributed by atoms with van der Waals surface area (Å²) in [6, 6.07) is 19.0. The van der Waals surface area contributed by atoms with E-state index in [0.717, 1.165) is 56.8 Å². The lowest BCUT2D eigenvalue weighted by Crippen LogP contribution is -2.41. The van der Waals surface area contributed by atoms with Crippen molar-refractivity contribution in [3.05, 3.63) is 77.2 Å². The molecule has 9 heteroatoms. The number of hydrogen-bond acceptors (Lipinski definition) is 7. The molecule has 0 spiro atoms. The van der Waals surface area contributed by atoms with Gasteiger partial charge in [-0.05, 0) is 62.9 Å². The minimum atomic E-state index is -0.503. The Morgan fingerprint density at radius 3 is 2.62 bits per heavy atom. The van der Waals surface area contributed by atoms with E-state index in [-0.39, 0.29) is 12.0 Å². The molecule has 1 amide bonds. The number of rotatable bonds is 4. The van der Waals surface area contributed by atoms with Gasteiger partial charge in [0.2, 0.25) is 0 Å². The molecule has 2 aromatic carbocycles. The van der Waals surface area contributed by atoms with E-state index in [4.69, 9.17) is 15.5 Å². The maximum Gasteiger partial charge on any atom is 0.410 e. The zero-order valence-corrected chi connectivity index (χ0v) is 23.2. The molecule has 3 aromatic heterocycles. The van der Waals surface area contributed by atoms with Crippen molar-refractivity contribution >= 4 is 39.0 Å². The molecule has 0 unspecified atom stereocenters. The number of nitrogens with zero attached hydrogens (tertiary/aromatic N) is 5. The molecule has 200 valence electrons. The van der Waals surface area contributed by atoms with Gasteiger partial charge in [-0.2, -0.15) is 5.10 Å². The van der Waals surface area contributed by atoms with Crippen molar-refractivity contribution in [2.24, 2.45) is 0 Å². The molecule has 6 rings (SSSR count). The highest BCUT2D eigenvalue weighted by Crippen LogP contribution is 2.38. The number of carbonyl (C=O) groups is 1. The summed E-state index contributed by atoms with van der Waals surface area (Å²) < 4.78 is 8.65. The molecular formula is C30H32N6O2S. The number of amides is 1. The van der Waals surface area contributed by atoms with Crippen molar-refractivity contribution in [2.75, 3.05) is 18.8 Å². The quantitative estimate of drug-likeness (QED) is 0.287. The highest BCUT2D eigenvalue weighted by Gasteiger charge is 2.30. The van der Waals surface area contributed by atoms with E-state index in [1.165, 1.54) is 11.9 Å². The number of carbonyl (C=O) groups excluding carboxylic acids is 1. The molecule has 1 aliphatic rings. The van der Waals surface area contributed by atoms with Gasteiger partial charge in [0.15, 0.2) is 5.82 Å². The Labute approximate surface area is 231 Å². The number of nitrogen functional groups attached to an aromatic ring is 1. The van der Waals surface area contributed by atoms with Crippen LogP contribution in [0.25, 0.3) is 26.9 Å². The molecule has 0 saturated carbocycles. The molecule has 8 nitrogen and oxygen atoms in total. The number of aromatic nitrogens is 4. The number of ether oxygens (including phenoxy) is 1. The number of nitrogens with two attached hydrogens (primary N) is 1. The lowest BCUT2D eigenvalue weighted by molar-refractivity contribution is 0.0203. The first-order chi connectivity index (χ1) is 18.7. The zero-order chi connectivity index (χ0) is 27.1. The van der Waals surface area contributed by atoms with Crippen LogP contribution in [0.3, 0.4) is 0 Å². The number of benzene rings is 2. The average molecular weight is 541 g/mol. The van der Waals surface area contributed by atoms with Crippen LogP contribution < -0.4 is 5.73 Å². The van der Waals surface area contributed by atoms with Crippen molar-refractivity contribution in [3.8, 4) is 11.1 Å². The van der Waals surface area contributed by atoms with E-state index in [1.807, 2.05) is 31.4 Å². The van der Waals surface area contributed by atoms with Gasteiger partial charge in [0, 0.05) is 36.7 Å². The fraction of sp³-hybridized carbons (Fsp3) is 0.333. The normalized spacial score (nSPS) is 14.8. The Kier molecular flexibility index (Phi) is 6.46. The molecule has 0 aliphatic carbocycles. The molecule has 1 saturated heterocycles. The zero-order valence-electron chi connectivity index (χ0n) is 22.4. The van der Waals surface area contributed by atoms with Gasteiger partial charge in [-0.3, -0.25) is 0 Å². The van der Waals surface area contributed by atoms with E-state index in [2.05, 4.69) is 58.6 Å². The molecule has 5 aromatic rings. The van der Waals surface area contributed by atoms with Crippen LogP contribution in [0.5, 0.6) is 0 Å². The van der Waals surface area contributed by atoms with E-state index in [9.17, 15) is 4.79 Å². The molecule has 2 N–H and O–H groups in total. The Hall–Kier alpha value is -3.98. The maximum atomic E-state index is 12.6. The molecule has 1 fully saturated rings. The second kappa shape index (κ2) is 9.96. The monoisotopic (exact) mass is 540 g/mol. The second-order valence-electron chi connectivity index (χ2n) is 11.1. The van der Waals surface area contributed by atoms with Gasteiger partial charge in [-0.25, -0.2) is 19.3 Å². The SMILES string of the molecule is CC(C)(C)OC(=O)N1CCC(c2cc(-c3ccc4nc(Cc5ccccc5)sc4c3)c3c(N)ncnn23)CC1. The third-order valence-corrected chi connectivity index (χ3v) is 8.14. The van der Waals surface area contributed by atoms with E-state index < -0.39 is 5.60 Å². The van der Waals surface area contributed by atoms with Gasteiger partial charge < -0.3 is 15.4 Å². The minimum Gasteiger partial charge on any atom is -0.444 e. The van der Waals surface area contributed by atoms with Crippen molar-refractivity contribution in [1.29, 1.82) is 0 Å². The van der Waals surface area contributed by atoms with Crippen LogP contribution in [0.1, 0.15) is 55.8 Å². The number of thiazole rings is 1. The van der Waals surface area contributed by atoms with Gasteiger partial charge in [0.1, 0.15) is 17.4 Å². The van der Waals surface area contributed by atoms with Crippen molar-refractivity contribution in [3.63, 3.8) is 0 Å². The number of anilines is 1. The molecule has 1 aliphatic heterocycles. The smallest absolute Gasteiger partial charge is 0.410 e. The average Bonchev–Trinajstić information content (AvgIpc) is 3.50. The summed E-state index contributed by atoms with van der Waals surface area (Å²) >= 11 is 1.72. The fourth-order valence-electron chi connectivity index (χ4n) is 5.27. The van der Waals surface area contributed by atoms with Gasteiger partial charge in [0.05, 0.1) is 15.2 Å². The van der Waals surface area contributed by atoms with Crippen LogP contribution in [0, 0.1) is 0 Å². The summed E-state index contributed by atoms with van der Waals surface area (Å²) in [6.07, 6.45) is 3.72. The Balaban J connectivity index is 1.30. The predicted molar refractivity (Wildman–Crippen MR) is 155 cm³/mol. The lowest BCUT2D eigenvalue weighted by Gasteiger charge is -2.33. The second-order valence-corrected chi connectivity index (χ2v) is 12.2. The van der Waals surface area contributed by atoms with Crippen molar-refractivity contribution in [2.45, 2.75) is 51.6 Å². The van der Waals surface area contributed by atoms with Crippen LogP contribution in [0.4, 0.5) is 10.6 Å². The van der Waals surface area contributed by atoms with Gasteiger partial charge >= 0.3 is 6.09 Å². The summed E-state index contributed by atoms with van der Waals surface area (Å²) in [5.41, 5.74) is 12.1. The molecule has 0 atom stereocenters. The molecule has 4 heterocycles. The fourth-order valence-corrected chi connectivity index (χ4v) is 6.31. The van der Waals surface area contributed by atoms with Crippen LogP contribution in [0.15, 0.2) is 60.9 Å². The van der Waals surface area contributed by atoms with E-state index >= 15 is 0 Å². The highest BCUT2D eigenvalue weighted by molar-refractivity contribution is 7.18. The summed E-state index contributed by atoms with van der Waals surface area (Å²) in [7, 11) is 0. The first-order valence-corrected chi connectivity index (χ1v) is 14.1. The van der Waals surface area contributed by atoms with Gasteiger partial charge in [-0.1, -0.05) is 36.4 Å². The minimum absolute atomic E-state index is 0.240. The van der Waals surface area contributed by atoms with E-state index in [0.29, 0.717) is 18.9 Å². The Morgan fingerprint density at radius 1 is 1.10 bits per heavy atom. The summed E-state index contributed by atoms with van der Waals surface area (Å²) in [6.45, 7) is 6.95. The van der Waals surface area contributed by atoms with Crippen molar-refractivity contribution in [1.82, 2.24) is 24.5 Å². The third-order valence-electron chi connectivity index (χ3n) is 7.12. The topological polar surface area (TPSA) is 98.6 Å². The lowest BCUT2D eigenvalue weighted by atomic mass is 9.93. The molecule has 39 heavy (non-hydrogen) atoms. The van der Waals surface area contributed by atoms with Gasteiger partial charge in [-0.15, -0.1) is 11.3 Å². The van der Waals surface area contributed by atoms with Gasteiger partial charge in [0.25, 0.3) is 0 Å². The summed E-state index contributed by atoms with van der Waals surface area (Å²) in [5.74, 6) is 0.690. The van der Waals surface area contributed by atoms with Crippen LogP contribution in [-0.4, -0.2) is 49.3 Å². The largest absolute Gasteiger partial charge is 0.444 e. The summed E-state index contributed by atoms with van der Waals surface area (Å²) in [4.78, 5) is 23.5. The highest BCUT2D eigenvalue weighted by atomic mass is 32.1.